The molecular formula is C26H25ClN4O3S. The van der Waals surface area contributed by atoms with Crippen LogP contribution in [-0.4, -0.2) is 34.9 Å². The minimum Gasteiger partial charge on any atom is -0.497 e. The molecule has 0 bridgehead atoms. The molecule has 0 atom stereocenters. The van der Waals surface area contributed by atoms with Crippen molar-refractivity contribution >= 4 is 29.3 Å². The molecule has 0 aliphatic rings. The Balaban J connectivity index is 1.62. The first kappa shape index (κ1) is 24.6. The number of para-hydroxylation sites is 1. The molecule has 4 aromatic rings. The molecule has 7 nitrogen and oxygen atoms in total. The van der Waals surface area contributed by atoms with E-state index in [1.807, 2.05) is 60.0 Å². The van der Waals surface area contributed by atoms with Gasteiger partial charge >= 0.3 is 0 Å². The lowest BCUT2D eigenvalue weighted by molar-refractivity contribution is 0.0946. The Morgan fingerprint density at radius 3 is 2.66 bits per heavy atom. The molecule has 4 rings (SSSR count). The van der Waals surface area contributed by atoms with Crippen LogP contribution in [0.15, 0.2) is 71.9 Å². The van der Waals surface area contributed by atoms with Crippen molar-refractivity contribution in [1.82, 2.24) is 20.1 Å². The molecule has 0 radical (unpaired) electrons. The molecule has 9 heteroatoms. The number of hydrogen-bond donors (Lipinski definition) is 1. The molecule has 0 fully saturated rings. The van der Waals surface area contributed by atoms with E-state index in [2.05, 4.69) is 15.5 Å². The number of ether oxygens (including phenoxy) is 2. The van der Waals surface area contributed by atoms with Crippen LogP contribution in [0.1, 0.15) is 27.3 Å². The molecule has 0 aliphatic heterocycles. The van der Waals surface area contributed by atoms with Gasteiger partial charge in [-0.15, -0.1) is 10.2 Å². The summed E-state index contributed by atoms with van der Waals surface area (Å²) in [5.74, 6) is 2.31. The highest BCUT2D eigenvalue weighted by molar-refractivity contribution is 7.98. The minimum absolute atomic E-state index is 0.176. The average molecular weight is 509 g/mol. The maximum absolute atomic E-state index is 12.9. The zero-order valence-electron chi connectivity index (χ0n) is 19.6. The first-order chi connectivity index (χ1) is 17.0. The molecule has 0 saturated heterocycles. The molecule has 35 heavy (non-hydrogen) atoms. The summed E-state index contributed by atoms with van der Waals surface area (Å²) < 4.78 is 12.6. The minimum atomic E-state index is -0.259. The van der Waals surface area contributed by atoms with E-state index in [9.17, 15) is 4.79 Å². The summed E-state index contributed by atoms with van der Waals surface area (Å²) in [5.41, 5.74) is 3.41. The molecular weight excluding hydrogens is 484 g/mol. The number of amides is 1. The van der Waals surface area contributed by atoms with E-state index < -0.39 is 0 Å². The number of aryl methyl sites for hydroxylation is 1. The van der Waals surface area contributed by atoms with Crippen LogP contribution in [0.3, 0.4) is 0 Å². The summed E-state index contributed by atoms with van der Waals surface area (Å²) in [5, 5.41) is 13.1. The Morgan fingerprint density at radius 2 is 1.86 bits per heavy atom. The number of halogens is 1. The van der Waals surface area contributed by atoms with E-state index in [-0.39, 0.29) is 12.5 Å². The number of aromatic nitrogens is 3. The van der Waals surface area contributed by atoms with Crippen LogP contribution in [0.2, 0.25) is 5.02 Å². The van der Waals surface area contributed by atoms with Crippen LogP contribution in [0, 0.1) is 6.92 Å². The Kier molecular flexibility index (Phi) is 7.94. The fraction of sp³-hybridized carbons (Fsp3) is 0.192. The number of nitrogens with one attached hydrogen (secondary N) is 1. The molecule has 0 spiro atoms. The molecule has 0 unspecified atom stereocenters. The smallest absolute Gasteiger partial charge is 0.255 e. The normalized spacial score (nSPS) is 10.7. The van der Waals surface area contributed by atoms with E-state index in [0.717, 1.165) is 22.6 Å². The number of thioether (sulfide) groups is 1. The standard InChI is InChI=1S/C26H25ClN4O3S/c1-17-11-12-19(27)14-22(17)31-24(15-28-25(32)21-9-4-5-10-23(21)34-3)29-30-26(31)35-16-18-7-6-8-20(13-18)33-2/h4-14H,15-16H2,1-3H3,(H,28,32). The monoisotopic (exact) mass is 508 g/mol. The van der Waals surface area contributed by atoms with Gasteiger partial charge in [0, 0.05) is 10.8 Å². The van der Waals surface area contributed by atoms with E-state index in [0.29, 0.717) is 33.1 Å². The second kappa shape index (κ2) is 11.3. The Hall–Kier alpha value is -3.49. The van der Waals surface area contributed by atoms with Crippen molar-refractivity contribution in [3.8, 4) is 17.2 Å². The lowest BCUT2D eigenvalue weighted by Crippen LogP contribution is -2.25. The van der Waals surface area contributed by atoms with Crippen LogP contribution in [0.25, 0.3) is 5.69 Å². The molecule has 1 N–H and O–H groups in total. The van der Waals surface area contributed by atoms with Crippen LogP contribution in [0.5, 0.6) is 11.5 Å². The van der Waals surface area contributed by atoms with Gasteiger partial charge in [0.1, 0.15) is 11.5 Å². The van der Waals surface area contributed by atoms with Crippen molar-refractivity contribution in [2.24, 2.45) is 0 Å². The summed E-state index contributed by atoms with van der Waals surface area (Å²) in [6.07, 6.45) is 0. The molecule has 1 aromatic heterocycles. The van der Waals surface area contributed by atoms with E-state index in [1.54, 1.807) is 37.1 Å². The first-order valence-electron chi connectivity index (χ1n) is 10.9. The Morgan fingerprint density at radius 1 is 1.03 bits per heavy atom. The summed E-state index contributed by atoms with van der Waals surface area (Å²) in [6.45, 7) is 2.18. The number of rotatable bonds is 9. The fourth-order valence-corrected chi connectivity index (χ4v) is 4.64. The maximum Gasteiger partial charge on any atom is 0.255 e. The van der Waals surface area contributed by atoms with Crippen molar-refractivity contribution in [2.45, 2.75) is 24.4 Å². The van der Waals surface area contributed by atoms with Gasteiger partial charge < -0.3 is 14.8 Å². The molecule has 3 aromatic carbocycles. The fourth-order valence-electron chi connectivity index (χ4n) is 3.57. The third-order valence-electron chi connectivity index (χ3n) is 5.37. The van der Waals surface area contributed by atoms with Crippen molar-refractivity contribution in [1.29, 1.82) is 0 Å². The summed E-state index contributed by atoms with van der Waals surface area (Å²) in [6, 6.07) is 20.7. The SMILES string of the molecule is COc1cccc(CSc2nnc(CNC(=O)c3ccccc3OC)n2-c2cc(Cl)ccc2C)c1. The lowest BCUT2D eigenvalue weighted by Gasteiger charge is -2.14. The first-order valence-corrected chi connectivity index (χ1v) is 12.2. The second-order valence-corrected chi connectivity index (χ2v) is 9.07. The van der Waals surface area contributed by atoms with Gasteiger partial charge in [-0.1, -0.05) is 53.7 Å². The number of benzene rings is 3. The largest absolute Gasteiger partial charge is 0.497 e. The van der Waals surface area contributed by atoms with E-state index in [4.69, 9.17) is 21.1 Å². The van der Waals surface area contributed by atoms with Gasteiger partial charge in [-0.3, -0.25) is 9.36 Å². The van der Waals surface area contributed by atoms with Crippen molar-refractivity contribution < 1.29 is 14.3 Å². The summed E-state index contributed by atoms with van der Waals surface area (Å²) in [7, 11) is 3.19. The molecule has 1 amide bonds. The summed E-state index contributed by atoms with van der Waals surface area (Å²) in [4.78, 5) is 12.9. The Labute approximate surface area is 213 Å². The molecule has 180 valence electrons. The van der Waals surface area contributed by atoms with E-state index >= 15 is 0 Å². The predicted octanol–water partition coefficient (Wildman–Crippen LogP) is 5.47. The van der Waals surface area contributed by atoms with Crippen molar-refractivity contribution in [2.75, 3.05) is 14.2 Å². The highest BCUT2D eigenvalue weighted by Crippen LogP contribution is 2.29. The van der Waals surface area contributed by atoms with Gasteiger partial charge in [0.15, 0.2) is 11.0 Å². The van der Waals surface area contributed by atoms with Crippen LogP contribution >= 0.6 is 23.4 Å². The van der Waals surface area contributed by atoms with Gasteiger partial charge in [-0.05, 0) is 54.4 Å². The van der Waals surface area contributed by atoms with Crippen LogP contribution < -0.4 is 14.8 Å². The van der Waals surface area contributed by atoms with Crippen LogP contribution in [0.4, 0.5) is 0 Å². The molecule has 0 aliphatic carbocycles. The maximum atomic E-state index is 12.9. The highest BCUT2D eigenvalue weighted by atomic mass is 35.5. The van der Waals surface area contributed by atoms with Gasteiger partial charge in [0.05, 0.1) is 32.0 Å². The Bertz CT molecular complexity index is 1340. The number of methoxy groups -OCH3 is 2. The molecule has 1 heterocycles. The van der Waals surface area contributed by atoms with Gasteiger partial charge in [-0.2, -0.15) is 0 Å². The van der Waals surface area contributed by atoms with Gasteiger partial charge in [0.25, 0.3) is 5.91 Å². The summed E-state index contributed by atoms with van der Waals surface area (Å²) >= 11 is 7.87. The van der Waals surface area contributed by atoms with Crippen LogP contribution in [-0.2, 0) is 12.3 Å². The third kappa shape index (κ3) is 5.78. The van der Waals surface area contributed by atoms with Crippen molar-refractivity contribution in [3.05, 3.63) is 94.3 Å². The number of nitrogens with zero attached hydrogens (tertiary/aromatic N) is 3. The number of carbonyl (C=O) groups is 1. The van der Waals surface area contributed by atoms with Gasteiger partial charge in [0.2, 0.25) is 0 Å². The zero-order valence-corrected chi connectivity index (χ0v) is 21.2. The van der Waals surface area contributed by atoms with Gasteiger partial charge in [-0.25, -0.2) is 0 Å². The predicted molar refractivity (Wildman–Crippen MR) is 138 cm³/mol. The van der Waals surface area contributed by atoms with Crippen molar-refractivity contribution in [3.63, 3.8) is 0 Å². The second-order valence-electron chi connectivity index (χ2n) is 7.69. The number of hydrogen-bond acceptors (Lipinski definition) is 6. The topological polar surface area (TPSA) is 78.3 Å². The lowest BCUT2D eigenvalue weighted by atomic mass is 10.2. The van der Waals surface area contributed by atoms with E-state index in [1.165, 1.54) is 7.11 Å². The molecule has 0 saturated carbocycles. The number of carbonyl (C=O) groups excluding carboxylic acids is 1. The zero-order chi connectivity index (χ0) is 24.8. The third-order valence-corrected chi connectivity index (χ3v) is 6.61. The highest BCUT2D eigenvalue weighted by Gasteiger charge is 2.19. The quantitative estimate of drug-likeness (QED) is 0.302. The average Bonchev–Trinajstić information content (AvgIpc) is 3.30.